The summed E-state index contributed by atoms with van der Waals surface area (Å²) in [5.41, 5.74) is 0.123. The van der Waals surface area contributed by atoms with Crippen molar-refractivity contribution in [2.75, 3.05) is 11.6 Å². The number of halogens is 1. The zero-order valence-corrected chi connectivity index (χ0v) is 11.0. The lowest BCUT2D eigenvalue weighted by Gasteiger charge is -2.21. The Bertz CT molecular complexity index is 453. The number of aromatic carboxylic acids is 1. The second kappa shape index (κ2) is 5.61. The molecule has 0 aromatic heterocycles. The fourth-order valence-corrected chi connectivity index (χ4v) is 3.37. The molecule has 1 aromatic rings. The molecular formula is C13H16FNO2S. The zero-order chi connectivity index (χ0) is 13.1. The van der Waals surface area contributed by atoms with E-state index in [1.807, 2.05) is 6.26 Å². The van der Waals surface area contributed by atoms with Crippen LogP contribution in [0.1, 0.15) is 29.6 Å². The van der Waals surface area contributed by atoms with Crippen molar-refractivity contribution >= 4 is 23.4 Å². The van der Waals surface area contributed by atoms with Gasteiger partial charge in [-0.15, -0.1) is 0 Å². The number of carboxylic acids is 1. The van der Waals surface area contributed by atoms with Gasteiger partial charge in [-0.3, -0.25) is 0 Å². The monoisotopic (exact) mass is 269 g/mol. The summed E-state index contributed by atoms with van der Waals surface area (Å²) in [7, 11) is 0. The van der Waals surface area contributed by atoms with Crippen LogP contribution in [0.3, 0.4) is 0 Å². The lowest BCUT2D eigenvalue weighted by Crippen LogP contribution is -2.27. The van der Waals surface area contributed by atoms with E-state index in [1.165, 1.54) is 12.1 Å². The number of anilines is 1. The molecule has 5 heteroatoms. The van der Waals surface area contributed by atoms with Crippen LogP contribution in [0.5, 0.6) is 0 Å². The van der Waals surface area contributed by atoms with Crippen LogP contribution in [0.2, 0.25) is 0 Å². The summed E-state index contributed by atoms with van der Waals surface area (Å²) < 4.78 is 13.5. The first-order valence-electron chi connectivity index (χ1n) is 5.94. The van der Waals surface area contributed by atoms with Gasteiger partial charge in [-0.2, -0.15) is 11.8 Å². The molecule has 2 atom stereocenters. The van der Waals surface area contributed by atoms with Crippen molar-refractivity contribution in [3.8, 4) is 0 Å². The number of carboxylic acid groups (broad SMARTS) is 1. The largest absolute Gasteiger partial charge is 0.478 e. The normalized spacial score (nSPS) is 23.0. The van der Waals surface area contributed by atoms with Crippen molar-refractivity contribution in [3.63, 3.8) is 0 Å². The Kier molecular flexibility index (Phi) is 4.11. The summed E-state index contributed by atoms with van der Waals surface area (Å²) in [6, 6.07) is 4.56. The van der Waals surface area contributed by atoms with Gasteiger partial charge < -0.3 is 10.4 Å². The quantitative estimate of drug-likeness (QED) is 0.881. The van der Waals surface area contributed by atoms with E-state index in [2.05, 4.69) is 5.32 Å². The second-order valence-electron chi connectivity index (χ2n) is 4.42. The highest BCUT2D eigenvalue weighted by Gasteiger charge is 2.28. The number of rotatable bonds is 4. The Hall–Kier alpha value is -1.23. The van der Waals surface area contributed by atoms with Crippen molar-refractivity contribution in [1.29, 1.82) is 0 Å². The van der Waals surface area contributed by atoms with Crippen molar-refractivity contribution in [3.05, 3.63) is 29.6 Å². The second-order valence-corrected chi connectivity index (χ2v) is 5.50. The number of carbonyl (C=O) groups is 1. The molecular weight excluding hydrogens is 253 g/mol. The van der Waals surface area contributed by atoms with E-state index in [9.17, 15) is 9.18 Å². The van der Waals surface area contributed by atoms with Crippen molar-refractivity contribution in [2.45, 2.75) is 30.6 Å². The number of hydrogen-bond acceptors (Lipinski definition) is 3. The maximum atomic E-state index is 13.5. The van der Waals surface area contributed by atoms with E-state index in [-0.39, 0.29) is 11.6 Å². The van der Waals surface area contributed by atoms with Gasteiger partial charge >= 0.3 is 5.97 Å². The van der Waals surface area contributed by atoms with E-state index >= 15 is 0 Å². The molecule has 98 valence electrons. The Morgan fingerprint density at radius 2 is 2.28 bits per heavy atom. The van der Waals surface area contributed by atoms with Crippen LogP contribution in [-0.2, 0) is 0 Å². The summed E-state index contributed by atoms with van der Waals surface area (Å²) in [6.07, 6.45) is 5.30. The number of benzene rings is 1. The third kappa shape index (κ3) is 2.61. The minimum absolute atomic E-state index is 0.222. The fraction of sp³-hybridized carbons (Fsp3) is 0.462. The Morgan fingerprint density at radius 1 is 1.50 bits per heavy atom. The van der Waals surface area contributed by atoms with Gasteiger partial charge in [0.05, 0.1) is 5.69 Å². The summed E-state index contributed by atoms with van der Waals surface area (Å²) in [5.74, 6) is -1.92. The maximum Gasteiger partial charge on any atom is 0.340 e. The molecule has 0 spiro atoms. The number of hydrogen-bond donors (Lipinski definition) is 2. The van der Waals surface area contributed by atoms with Crippen molar-refractivity contribution < 1.29 is 14.3 Å². The maximum absolute atomic E-state index is 13.5. The smallest absolute Gasteiger partial charge is 0.340 e. The molecule has 0 radical (unpaired) electrons. The molecule has 18 heavy (non-hydrogen) atoms. The lowest BCUT2D eigenvalue weighted by molar-refractivity contribution is 0.0693. The van der Waals surface area contributed by atoms with Crippen LogP contribution in [0.25, 0.3) is 0 Å². The average molecular weight is 269 g/mol. The predicted molar refractivity (Wildman–Crippen MR) is 71.9 cm³/mol. The van der Waals surface area contributed by atoms with Gasteiger partial charge in [0.1, 0.15) is 11.4 Å². The Balaban J connectivity index is 2.23. The molecule has 0 heterocycles. The van der Waals surface area contributed by atoms with Gasteiger partial charge in [0.15, 0.2) is 0 Å². The van der Waals surface area contributed by atoms with Crippen molar-refractivity contribution in [1.82, 2.24) is 0 Å². The molecule has 2 unspecified atom stereocenters. The SMILES string of the molecule is CSC1CCCC1Nc1cccc(F)c1C(=O)O. The van der Waals surface area contributed by atoms with E-state index in [1.54, 1.807) is 17.8 Å². The number of thioether (sulfide) groups is 1. The lowest BCUT2D eigenvalue weighted by atomic mass is 10.1. The molecule has 1 aliphatic carbocycles. The first-order chi connectivity index (χ1) is 8.63. The molecule has 0 bridgehead atoms. The highest BCUT2D eigenvalue weighted by Crippen LogP contribution is 2.32. The van der Waals surface area contributed by atoms with Crippen LogP contribution < -0.4 is 5.32 Å². The van der Waals surface area contributed by atoms with Gasteiger partial charge in [0.25, 0.3) is 0 Å². The van der Waals surface area contributed by atoms with Crippen LogP contribution in [0.15, 0.2) is 18.2 Å². The molecule has 2 N–H and O–H groups in total. The van der Waals surface area contributed by atoms with Gasteiger partial charge in [0, 0.05) is 11.3 Å². The van der Waals surface area contributed by atoms with Crippen LogP contribution in [0, 0.1) is 5.82 Å². The first-order valence-corrected chi connectivity index (χ1v) is 7.23. The molecule has 1 aromatic carbocycles. The first kappa shape index (κ1) is 13.2. The molecule has 1 saturated carbocycles. The molecule has 1 fully saturated rings. The summed E-state index contributed by atoms with van der Waals surface area (Å²) in [5, 5.41) is 12.7. The molecule has 3 nitrogen and oxygen atoms in total. The summed E-state index contributed by atoms with van der Waals surface area (Å²) >= 11 is 1.77. The standard InChI is InChI=1S/C13H16FNO2S/c1-18-11-7-3-5-9(11)15-10-6-2-4-8(14)12(10)13(16)17/h2,4,6,9,11,15H,3,5,7H2,1H3,(H,16,17). The topological polar surface area (TPSA) is 49.3 Å². The summed E-state index contributed by atoms with van der Waals surface area (Å²) in [4.78, 5) is 11.1. The minimum atomic E-state index is -1.23. The van der Waals surface area contributed by atoms with E-state index in [4.69, 9.17) is 5.11 Å². The van der Waals surface area contributed by atoms with Crippen LogP contribution in [0.4, 0.5) is 10.1 Å². The van der Waals surface area contributed by atoms with E-state index in [0.29, 0.717) is 10.9 Å². The highest BCUT2D eigenvalue weighted by atomic mass is 32.2. The minimum Gasteiger partial charge on any atom is -0.478 e. The molecule has 0 amide bonds. The third-order valence-electron chi connectivity index (χ3n) is 3.32. The van der Waals surface area contributed by atoms with Crippen LogP contribution >= 0.6 is 11.8 Å². The summed E-state index contributed by atoms with van der Waals surface area (Å²) in [6.45, 7) is 0. The number of nitrogens with one attached hydrogen (secondary N) is 1. The molecule has 0 saturated heterocycles. The third-order valence-corrected chi connectivity index (χ3v) is 4.49. The van der Waals surface area contributed by atoms with Gasteiger partial charge in [-0.1, -0.05) is 12.5 Å². The van der Waals surface area contributed by atoms with Gasteiger partial charge in [-0.05, 0) is 31.2 Å². The molecule has 1 aliphatic rings. The highest BCUT2D eigenvalue weighted by molar-refractivity contribution is 7.99. The van der Waals surface area contributed by atoms with E-state index < -0.39 is 11.8 Å². The average Bonchev–Trinajstić information content (AvgIpc) is 2.76. The predicted octanol–water partition coefficient (Wildman–Crippen LogP) is 3.22. The van der Waals surface area contributed by atoms with Crippen LogP contribution in [-0.4, -0.2) is 28.6 Å². The van der Waals surface area contributed by atoms with Crippen molar-refractivity contribution in [2.24, 2.45) is 0 Å². The van der Waals surface area contributed by atoms with E-state index in [0.717, 1.165) is 19.3 Å². The fourth-order valence-electron chi connectivity index (χ4n) is 2.43. The Morgan fingerprint density at radius 3 is 2.94 bits per heavy atom. The molecule has 2 rings (SSSR count). The Labute approximate surface area is 110 Å². The van der Waals surface area contributed by atoms with Gasteiger partial charge in [0.2, 0.25) is 0 Å². The molecule has 0 aliphatic heterocycles. The van der Waals surface area contributed by atoms with Gasteiger partial charge in [-0.25, -0.2) is 9.18 Å². The zero-order valence-electron chi connectivity index (χ0n) is 10.1.